The van der Waals surface area contributed by atoms with Crippen LogP contribution in [0.5, 0.6) is 11.5 Å². The highest BCUT2D eigenvalue weighted by atomic mass is 32.2. The van der Waals surface area contributed by atoms with Gasteiger partial charge in [-0.3, -0.25) is 4.79 Å². The lowest BCUT2D eigenvalue weighted by molar-refractivity contribution is -0.129. The van der Waals surface area contributed by atoms with Crippen LogP contribution in [-0.4, -0.2) is 74.7 Å². The number of ether oxygens (including phenoxy) is 2. The summed E-state index contributed by atoms with van der Waals surface area (Å²) in [6, 6.07) is 12.4. The second-order valence-electron chi connectivity index (χ2n) is 7.04. The highest BCUT2D eigenvalue weighted by Gasteiger charge is 2.30. The van der Waals surface area contributed by atoms with Gasteiger partial charge in [0.05, 0.1) is 35.1 Å². The number of hydrogen-bond donors (Lipinski definition) is 0. The molecule has 1 aromatic heterocycles. The number of aromatic nitrogens is 1. The van der Waals surface area contributed by atoms with Crippen LogP contribution in [0.25, 0.3) is 10.2 Å². The fourth-order valence-electron chi connectivity index (χ4n) is 3.43. The molecule has 4 rings (SSSR count). The Hall–Kier alpha value is -2.34. The van der Waals surface area contributed by atoms with Crippen molar-refractivity contribution in [1.82, 2.24) is 14.2 Å². The van der Waals surface area contributed by atoms with Crippen molar-refractivity contribution in [3.8, 4) is 11.5 Å². The van der Waals surface area contributed by atoms with Gasteiger partial charge in [0.2, 0.25) is 15.9 Å². The summed E-state index contributed by atoms with van der Waals surface area (Å²) in [7, 11) is -0.732. The Labute approximate surface area is 195 Å². The van der Waals surface area contributed by atoms with Crippen molar-refractivity contribution in [1.29, 1.82) is 0 Å². The van der Waals surface area contributed by atoms with Gasteiger partial charge < -0.3 is 14.4 Å². The van der Waals surface area contributed by atoms with E-state index in [-0.39, 0.29) is 29.6 Å². The summed E-state index contributed by atoms with van der Waals surface area (Å²) >= 11 is 2.98. The summed E-state index contributed by atoms with van der Waals surface area (Å²) in [4.78, 5) is 19.0. The lowest BCUT2D eigenvalue weighted by atomic mass is 10.3. The molecule has 2 heterocycles. The largest absolute Gasteiger partial charge is 0.493 e. The minimum Gasteiger partial charge on any atom is -0.493 e. The SMILES string of the molecule is COc1ccc(S(=O)(=O)N2CCN(C(=O)CSc3nc4ccccc4s3)CC2)cc1OC. The number of fused-ring (bicyclic) bond motifs is 1. The molecular weight excluding hydrogens is 470 g/mol. The Bertz CT molecular complexity index is 1190. The summed E-state index contributed by atoms with van der Waals surface area (Å²) in [5.74, 6) is 1.08. The maximum atomic E-state index is 13.0. The van der Waals surface area contributed by atoms with Crippen molar-refractivity contribution in [2.45, 2.75) is 9.24 Å². The number of rotatable bonds is 7. The van der Waals surface area contributed by atoms with Gasteiger partial charge in [0.15, 0.2) is 15.8 Å². The van der Waals surface area contributed by atoms with E-state index in [1.807, 2.05) is 24.3 Å². The molecule has 1 aliphatic rings. The number of sulfonamides is 1. The van der Waals surface area contributed by atoms with Crippen LogP contribution in [0.4, 0.5) is 0 Å². The molecule has 0 N–H and O–H groups in total. The second kappa shape index (κ2) is 9.65. The Morgan fingerprint density at radius 1 is 1.06 bits per heavy atom. The lowest BCUT2D eigenvalue weighted by Gasteiger charge is -2.34. The van der Waals surface area contributed by atoms with E-state index >= 15 is 0 Å². The molecule has 1 amide bonds. The number of para-hydroxylation sites is 1. The van der Waals surface area contributed by atoms with Crippen molar-refractivity contribution in [2.75, 3.05) is 46.2 Å². The van der Waals surface area contributed by atoms with E-state index < -0.39 is 10.0 Å². The van der Waals surface area contributed by atoms with E-state index in [1.165, 1.54) is 42.4 Å². The zero-order chi connectivity index (χ0) is 22.7. The molecule has 0 spiro atoms. The van der Waals surface area contributed by atoms with Gasteiger partial charge in [0, 0.05) is 32.2 Å². The van der Waals surface area contributed by atoms with Crippen LogP contribution in [0.2, 0.25) is 0 Å². The maximum absolute atomic E-state index is 13.0. The van der Waals surface area contributed by atoms with Gasteiger partial charge in [-0.1, -0.05) is 23.9 Å². The first-order valence-corrected chi connectivity index (χ1v) is 13.1. The molecule has 0 bridgehead atoms. The molecule has 2 aromatic carbocycles. The lowest BCUT2D eigenvalue weighted by Crippen LogP contribution is -2.50. The van der Waals surface area contributed by atoms with E-state index in [4.69, 9.17) is 9.47 Å². The number of hydrogen-bond acceptors (Lipinski definition) is 8. The van der Waals surface area contributed by atoms with Crippen molar-refractivity contribution >= 4 is 49.2 Å². The number of benzene rings is 2. The summed E-state index contributed by atoms with van der Waals surface area (Å²) in [6.45, 7) is 1.19. The molecule has 0 saturated carbocycles. The highest BCUT2D eigenvalue weighted by molar-refractivity contribution is 8.01. The van der Waals surface area contributed by atoms with E-state index in [1.54, 1.807) is 22.3 Å². The maximum Gasteiger partial charge on any atom is 0.243 e. The first kappa shape index (κ1) is 22.8. The third-order valence-electron chi connectivity index (χ3n) is 5.18. The molecule has 0 atom stereocenters. The summed E-state index contributed by atoms with van der Waals surface area (Å²) < 4.78 is 39.8. The van der Waals surface area contributed by atoms with Crippen LogP contribution in [0.3, 0.4) is 0 Å². The highest BCUT2D eigenvalue weighted by Crippen LogP contribution is 2.31. The first-order valence-electron chi connectivity index (χ1n) is 9.90. The zero-order valence-electron chi connectivity index (χ0n) is 17.7. The molecular formula is C21H23N3O5S3. The Balaban J connectivity index is 1.35. The third kappa shape index (κ3) is 4.70. The molecule has 0 unspecified atom stereocenters. The fourth-order valence-corrected chi connectivity index (χ4v) is 6.84. The van der Waals surface area contributed by atoms with Crippen LogP contribution in [0, 0.1) is 0 Å². The normalized spacial score (nSPS) is 15.1. The van der Waals surface area contributed by atoms with Crippen LogP contribution < -0.4 is 9.47 Å². The topological polar surface area (TPSA) is 89.0 Å². The van der Waals surface area contributed by atoms with Crippen LogP contribution in [0.15, 0.2) is 51.7 Å². The Morgan fingerprint density at radius 2 is 1.78 bits per heavy atom. The number of nitrogens with zero attached hydrogens (tertiary/aromatic N) is 3. The van der Waals surface area contributed by atoms with Gasteiger partial charge >= 0.3 is 0 Å². The number of methoxy groups -OCH3 is 2. The van der Waals surface area contributed by atoms with Crippen LogP contribution in [0.1, 0.15) is 0 Å². The van der Waals surface area contributed by atoms with Crippen molar-refractivity contribution in [3.63, 3.8) is 0 Å². The Morgan fingerprint density at radius 3 is 2.47 bits per heavy atom. The van der Waals surface area contributed by atoms with Gasteiger partial charge in [-0.25, -0.2) is 13.4 Å². The minimum atomic E-state index is -3.69. The van der Waals surface area contributed by atoms with E-state index in [0.29, 0.717) is 24.6 Å². The van der Waals surface area contributed by atoms with Gasteiger partial charge in [0.25, 0.3) is 0 Å². The van der Waals surface area contributed by atoms with Gasteiger partial charge in [-0.05, 0) is 24.3 Å². The van der Waals surface area contributed by atoms with E-state index in [0.717, 1.165) is 14.6 Å². The molecule has 3 aromatic rings. The zero-order valence-corrected chi connectivity index (χ0v) is 20.1. The molecule has 0 radical (unpaired) electrons. The average molecular weight is 494 g/mol. The number of thioether (sulfide) groups is 1. The monoisotopic (exact) mass is 493 g/mol. The molecule has 32 heavy (non-hydrogen) atoms. The van der Waals surface area contributed by atoms with Crippen LogP contribution >= 0.6 is 23.1 Å². The molecule has 1 saturated heterocycles. The number of amides is 1. The first-order chi connectivity index (χ1) is 15.4. The number of thiazole rings is 1. The quantitative estimate of drug-likeness (QED) is 0.468. The molecule has 11 heteroatoms. The second-order valence-corrected chi connectivity index (χ2v) is 11.2. The summed E-state index contributed by atoms with van der Waals surface area (Å²) in [6.07, 6.45) is 0. The average Bonchev–Trinajstić information content (AvgIpc) is 3.25. The number of carbonyl (C=O) groups is 1. The van der Waals surface area contributed by atoms with Crippen molar-refractivity contribution in [2.24, 2.45) is 0 Å². The summed E-state index contributed by atoms with van der Waals surface area (Å²) in [5, 5.41) is 0. The standard InChI is InChI=1S/C21H23N3O5S3/c1-28-17-8-7-15(13-18(17)29-2)32(26,27)24-11-9-23(10-12-24)20(25)14-30-21-22-16-5-3-4-6-19(16)31-21/h3-8,13H,9-12,14H2,1-2H3. The van der Waals surface area contributed by atoms with Crippen molar-refractivity contribution in [3.05, 3.63) is 42.5 Å². The number of piperazine rings is 1. The van der Waals surface area contributed by atoms with Gasteiger partial charge in [-0.2, -0.15) is 4.31 Å². The van der Waals surface area contributed by atoms with Crippen molar-refractivity contribution < 1.29 is 22.7 Å². The predicted octanol–water partition coefficient (Wildman–Crippen LogP) is 2.94. The molecule has 1 fully saturated rings. The molecule has 8 nitrogen and oxygen atoms in total. The third-order valence-corrected chi connectivity index (χ3v) is 9.24. The van der Waals surface area contributed by atoms with Gasteiger partial charge in [-0.15, -0.1) is 11.3 Å². The van der Waals surface area contributed by atoms with E-state index in [9.17, 15) is 13.2 Å². The fraction of sp³-hybridized carbons (Fsp3) is 0.333. The van der Waals surface area contributed by atoms with E-state index in [2.05, 4.69) is 4.98 Å². The molecule has 170 valence electrons. The smallest absolute Gasteiger partial charge is 0.243 e. The minimum absolute atomic E-state index is 0.0163. The summed E-state index contributed by atoms with van der Waals surface area (Å²) in [5.41, 5.74) is 0.932. The number of carbonyl (C=O) groups excluding carboxylic acids is 1. The predicted molar refractivity (Wildman–Crippen MR) is 125 cm³/mol. The molecule has 1 aliphatic heterocycles. The van der Waals surface area contributed by atoms with Gasteiger partial charge in [0.1, 0.15) is 0 Å². The molecule has 0 aliphatic carbocycles. The Kier molecular flexibility index (Phi) is 6.89. The van der Waals surface area contributed by atoms with Crippen LogP contribution in [-0.2, 0) is 14.8 Å².